The van der Waals surface area contributed by atoms with Crippen molar-refractivity contribution < 1.29 is 9.59 Å². The van der Waals surface area contributed by atoms with E-state index in [4.69, 9.17) is 11.5 Å². The highest BCUT2D eigenvalue weighted by atomic mass is 32.2. The number of thioether (sulfide) groups is 1. The first-order valence-electron chi connectivity index (χ1n) is 5.62. The molecule has 0 aliphatic heterocycles. The molecule has 0 radical (unpaired) electrons. The summed E-state index contributed by atoms with van der Waals surface area (Å²) in [6.45, 7) is 0. The first-order valence-corrected chi connectivity index (χ1v) is 7.49. The predicted octanol–water partition coefficient (Wildman–Crippen LogP) is 0.243. The lowest BCUT2D eigenvalue weighted by Crippen LogP contribution is -2.18. The zero-order valence-electron chi connectivity index (χ0n) is 10.6. The van der Waals surface area contributed by atoms with E-state index >= 15 is 0 Å². The molecule has 0 aliphatic rings. The minimum Gasteiger partial charge on any atom is -0.383 e. The van der Waals surface area contributed by atoms with Crippen molar-refractivity contribution >= 4 is 45.7 Å². The number of hydrogen-bond donors (Lipinski definition) is 4. The monoisotopic (exact) mass is 325 g/mol. The van der Waals surface area contributed by atoms with Crippen LogP contribution >= 0.6 is 23.1 Å². The van der Waals surface area contributed by atoms with Gasteiger partial charge in [-0.25, -0.2) is 4.98 Å². The number of H-pyrrole nitrogens is 1. The second-order valence-corrected chi connectivity index (χ2v) is 5.72. The third-order valence-corrected chi connectivity index (χ3v) is 3.97. The molecular weight excluding hydrogens is 314 g/mol. The van der Waals surface area contributed by atoms with E-state index in [-0.39, 0.29) is 33.8 Å². The van der Waals surface area contributed by atoms with Crippen LogP contribution in [-0.2, 0) is 4.79 Å². The Bertz CT molecular complexity index is 739. The van der Waals surface area contributed by atoms with Crippen molar-refractivity contribution in [3.63, 3.8) is 0 Å². The van der Waals surface area contributed by atoms with Crippen molar-refractivity contribution in [2.45, 2.75) is 5.16 Å². The number of nitrogens with zero attached hydrogens (tertiary/aromatic N) is 1. The topological polar surface area (TPSA) is 144 Å². The van der Waals surface area contributed by atoms with E-state index in [1.165, 1.54) is 17.4 Å². The molecule has 0 spiro atoms. The Balaban J connectivity index is 1.97. The van der Waals surface area contributed by atoms with Gasteiger partial charge in [0.1, 0.15) is 10.8 Å². The number of thiophene rings is 1. The summed E-state index contributed by atoms with van der Waals surface area (Å²) in [5.41, 5.74) is 10.5. The lowest BCUT2D eigenvalue weighted by atomic mass is 10.3. The Labute approximate surface area is 127 Å². The molecule has 0 saturated carbocycles. The molecule has 6 N–H and O–H groups in total. The molecule has 0 saturated heterocycles. The summed E-state index contributed by atoms with van der Waals surface area (Å²) < 4.78 is 0. The number of aromatic amines is 1. The average molecular weight is 325 g/mol. The molecular formula is C11H11N5O3S2. The molecule has 2 rings (SSSR count). The molecule has 0 fully saturated rings. The van der Waals surface area contributed by atoms with Gasteiger partial charge in [-0.1, -0.05) is 11.8 Å². The molecule has 0 bridgehead atoms. The molecule has 2 amide bonds. The second kappa shape index (κ2) is 6.41. The van der Waals surface area contributed by atoms with Gasteiger partial charge in [0.05, 0.1) is 11.3 Å². The number of anilines is 2. The smallest absolute Gasteiger partial charge is 0.253 e. The van der Waals surface area contributed by atoms with Gasteiger partial charge in [-0.2, -0.15) is 0 Å². The van der Waals surface area contributed by atoms with Gasteiger partial charge in [-0.05, 0) is 11.4 Å². The van der Waals surface area contributed by atoms with Crippen LogP contribution in [0.2, 0.25) is 0 Å². The van der Waals surface area contributed by atoms with Crippen molar-refractivity contribution in [1.82, 2.24) is 9.97 Å². The van der Waals surface area contributed by atoms with Gasteiger partial charge in [0, 0.05) is 6.07 Å². The minimum atomic E-state index is -0.610. The number of nitrogens with two attached hydrogens (primary N) is 2. The molecule has 2 aromatic rings. The number of rotatable bonds is 5. The number of carbonyl (C=O) groups excluding carboxylic acids is 2. The van der Waals surface area contributed by atoms with E-state index in [9.17, 15) is 14.4 Å². The number of hydrogen-bond acceptors (Lipinski definition) is 7. The summed E-state index contributed by atoms with van der Waals surface area (Å²) >= 11 is 2.22. The van der Waals surface area contributed by atoms with Crippen molar-refractivity contribution in [3.8, 4) is 0 Å². The van der Waals surface area contributed by atoms with Crippen LogP contribution in [0, 0.1) is 0 Å². The van der Waals surface area contributed by atoms with E-state index in [1.54, 1.807) is 5.38 Å². The third kappa shape index (κ3) is 4.07. The van der Waals surface area contributed by atoms with Crippen LogP contribution < -0.4 is 22.3 Å². The molecule has 10 heteroatoms. The number of carbonyl (C=O) groups is 2. The molecule has 110 valence electrons. The van der Waals surface area contributed by atoms with Crippen molar-refractivity contribution in [2.75, 3.05) is 16.8 Å². The van der Waals surface area contributed by atoms with Crippen molar-refractivity contribution in [3.05, 3.63) is 33.4 Å². The van der Waals surface area contributed by atoms with Crippen LogP contribution in [0.15, 0.2) is 27.5 Å². The molecule has 0 unspecified atom stereocenters. The first-order chi connectivity index (χ1) is 9.95. The molecule has 8 nitrogen and oxygen atoms in total. The molecule has 21 heavy (non-hydrogen) atoms. The fraction of sp³-hybridized carbons (Fsp3) is 0.0909. The maximum atomic E-state index is 11.8. The molecule has 2 heterocycles. The third-order valence-electron chi connectivity index (χ3n) is 2.26. The van der Waals surface area contributed by atoms with Crippen LogP contribution in [0.1, 0.15) is 10.4 Å². The van der Waals surface area contributed by atoms with Gasteiger partial charge >= 0.3 is 0 Å². The van der Waals surface area contributed by atoms with Gasteiger partial charge in [0.25, 0.3) is 11.5 Å². The summed E-state index contributed by atoms with van der Waals surface area (Å²) in [6.07, 6.45) is 0. The number of amides is 2. The Kier molecular flexibility index (Phi) is 4.60. The standard InChI is InChI=1S/C11H11N5O3S2/c12-6-3-7(17)16-11(14-6)21-4-8(18)15-10-5(9(13)19)1-2-20-10/h1-3H,4H2,(H2,13,19)(H,15,18)(H3,12,14,16,17). The van der Waals surface area contributed by atoms with E-state index in [1.807, 2.05) is 0 Å². The summed E-state index contributed by atoms with van der Waals surface area (Å²) in [7, 11) is 0. The number of nitrogen functional groups attached to an aromatic ring is 1. The Hall–Kier alpha value is -2.33. The van der Waals surface area contributed by atoms with Gasteiger partial charge in [0.15, 0.2) is 5.16 Å². The second-order valence-electron chi connectivity index (χ2n) is 3.84. The predicted molar refractivity (Wildman–Crippen MR) is 81.5 cm³/mol. The first kappa shape index (κ1) is 15.1. The summed E-state index contributed by atoms with van der Waals surface area (Å²) in [5, 5.41) is 4.87. The summed E-state index contributed by atoms with van der Waals surface area (Å²) in [6, 6.07) is 2.68. The minimum absolute atomic E-state index is 0.00248. The van der Waals surface area contributed by atoms with Crippen LogP contribution in [0.4, 0.5) is 10.8 Å². The highest BCUT2D eigenvalue weighted by Gasteiger charge is 2.13. The zero-order chi connectivity index (χ0) is 15.4. The number of aromatic nitrogens is 2. The zero-order valence-corrected chi connectivity index (χ0v) is 12.2. The van der Waals surface area contributed by atoms with Crippen LogP contribution in [0.5, 0.6) is 0 Å². The van der Waals surface area contributed by atoms with E-state index in [2.05, 4.69) is 15.3 Å². The number of primary amides is 1. The average Bonchev–Trinajstić information content (AvgIpc) is 2.83. The van der Waals surface area contributed by atoms with Gasteiger partial charge in [0.2, 0.25) is 5.91 Å². The van der Waals surface area contributed by atoms with Crippen molar-refractivity contribution in [1.29, 1.82) is 0 Å². The fourth-order valence-electron chi connectivity index (χ4n) is 1.42. The van der Waals surface area contributed by atoms with Crippen LogP contribution in [0.25, 0.3) is 0 Å². The lowest BCUT2D eigenvalue weighted by Gasteiger charge is -2.04. The van der Waals surface area contributed by atoms with Crippen LogP contribution in [-0.4, -0.2) is 27.5 Å². The summed E-state index contributed by atoms with van der Waals surface area (Å²) in [5.74, 6) is -0.880. The lowest BCUT2D eigenvalue weighted by molar-refractivity contribution is -0.113. The Morgan fingerprint density at radius 3 is 2.90 bits per heavy atom. The number of nitrogens with one attached hydrogen (secondary N) is 2. The van der Waals surface area contributed by atoms with Gasteiger partial charge in [-0.3, -0.25) is 14.4 Å². The molecule has 0 aromatic carbocycles. The van der Waals surface area contributed by atoms with Gasteiger partial charge in [-0.15, -0.1) is 11.3 Å². The molecule has 0 aliphatic carbocycles. The Morgan fingerprint density at radius 2 is 2.24 bits per heavy atom. The normalized spacial score (nSPS) is 10.3. The Morgan fingerprint density at radius 1 is 1.48 bits per heavy atom. The largest absolute Gasteiger partial charge is 0.383 e. The summed E-state index contributed by atoms with van der Waals surface area (Å²) in [4.78, 5) is 40.5. The SMILES string of the molecule is NC(=O)c1ccsc1NC(=O)CSc1nc(N)cc(=O)[nH]1. The maximum absolute atomic E-state index is 11.8. The quantitative estimate of drug-likeness (QED) is 0.458. The van der Waals surface area contributed by atoms with Crippen LogP contribution in [0.3, 0.4) is 0 Å². The van der Waals surface area contributed by atoms with E-state index in [0.717, 1.165) is 17.8 Å². The molecule has 0 atom stereocenters. The van der Waals surface area contributed by atoms with Gasteiger partial charge < -0.3 is 21.8 Å². The fourth-order valence-corrected chi connectivity index (χ4v) is 2.91. The molecule has 2 aromatic heterocycles. The van der Waals surface area contributed by atoms with E-state index < -0.39 is 5.91 Å². The highest BCUT2D eigenvalue weighted by Crippen LogP contribution is 2.23. The van der Waals surface area contributed by atoms with Crippen molar-refractivity contribution in [2.24, 2.45) is 5.73 Å². The van der Waals surface area contributed by atoms with E-state index in [0.29, 0.717) is 5.00 Å². The maximum Gasteiger partial charge on any atom is 0.253 e. The highest BCUT2D eigenvalue weighted by molar-refractivity contribution is 7.99.